The fourth-order valence-electron chi connectivity index (χ4n) is 1.21. The van der Waals surface area contributed by atoms with Gasteiger partial charge in [-0.15, -0.1) is 4.91 Å². The van der Waals surface area contributed by atoms with E-state index < -0.39 is 0 Å². The molecule has 0 aliphatic heterocycles. The average molecular weight is 246 g/mol. The molecule has 0 radical (unpaired) electrons. The minimum absolute atomic E-state index is 0.250. The molecule has 0 aromatic carbocycles. The fourth-order valence-corrected chi connectivity index (χ4v) is 1.21. The highest BCUT2D eigenvalue weighted by molar-refractivity contribution is 5.69. The predicted molar refractivity (Wildman–Crippen MR) is 59.9 cm³/mol. The van der Waals surface area contributed by atoms with E-state index >= 15 is 0 Å². The summed E-state index contributed by atoms with van der Waals surface area (Å²) >= 11 is 0. The molecule has 17 heavy (non-hydrogen) atoms. The van der Waals surface area contributed by atoms with E-state index in [0.29, 0.717) is 25.9 Å². The average Bonchev–Trinajstić information content (AvgIpc) is 2.36. The van der Waals surface area contributed by atoms with Gasteiger partial charge in [0.15, 0.2) is 0 Å². The largest absolute Gasteiger partial charge is 0.469 e. The maximum absolute atomic E-state index is 10.8. The summed E-state index contributed by atoms with van der Waals surface area (Å²) in [5.41, 5.74) is 0. The highest BCUT2D eigenvalue weighted by atomic mass is 16.5. The molecule has 0 aliphatic rings. The number of ether oxygens (including phenoxy) is 2. The van der Waals surface area contributed by atoms with Gasteiger partial charge >= 0.3 is 11.9 Å². The smallest absolute Gasteiger partial charge is 0.305 e. The van der Waals surface area contributed by atoms with Gasteiger partial charge < -0.3 is 9.47 Å². The Balaban J connectivity index is 3.66. The van der Waals surface area contributed by atoms with Crippen LogP contribution in [0.15, 0.2) is 5.29 Å². The van der Waals surface area contributed by atoms with Crippen molar-refractivity contribution in [3.05, 3.63) is 4.91 Å². The third-order valence-corrected chi connectivity index (χ3v) is 2.17. The Hall–Kier alpha value is -1.66. The summed E-state index contributed by atoms with van der Waals surface area (Å²) in [6, 6.07) is 0. The quantitative estimate of drug-likeness (QED) is 0.341. The van der Waals surface area contributed by atoms with Crippen molar-refractivity contribution in [3.63, 3.8) is 0 Å². The molecule has 0 atom stereocenters. The van der Waals surface area contributed by atoms with Gasteiger partial charge in [-0.2, -0.15) is 0 Å². The van der Waals surface area contributed by atoms with Crippen LogP contribution in [-0.4, -0.2) is 44.3 Å². The van der Waals surface area contributed by atoms with Crippen molar-refractivity contribution in [1.29, 1.82) is 0 Å². The van der Waals surface area contributed by atoms with E-state index in [1.807, 2.05) is 0 Å². The standard InChI is InChI=1S/C10H18N2O5/c1-16-9(13)5-3-7-12(11-15)8-4-6-10(14)17-2/h3-8H2,1-2H3. The van der Waals surface area contributed by atoms with E-state index in [0.717, 1.165) is 0 Å². The summed E-state index contributed by atoms with van der Waals surface area (Å²) in [5, 5.41) is 4.10. The molecule has 0 bridgehead atoms. The molecule has 0 aromatic rings. The van der Waals surface area contributed by atoms with Crippen LogP contribution in [0.5, 0.6) is 0 Å². The summed E-state index contributed by atoms with van der Waals surface area (Å²) in [5.74, 6) is -0.629. The molecule has 0 fully saturated rings. The van der Waals surface area contributed by atoms with Crippen molar-refractivity contribution in [2.45, 2.75) is 25.7 Å². The lowest BCUT2D eigenvalue weighted by Crippen LogP contribution is -2.21. The molecule has 0 amide bonds. The second kappa shape index (κ2) is 9.56. The number of hydrogen-bond acceptors (Lipinski definition) is 6. The van der Waals surface area contributed by atoms with Crippen LogP contribution in [0.25, 0.3) is 0 Å². The molecular weight excluding hydrogens is 228 g/mol. The van der Waals surface area contributed by atoms with Gasteiger partial charge in [-0.1, -0.05) is 0 Å². The zero-order valence-corrected chi connectivity index (χ0v) is 10.2. The van der Waals surface area contributed by atoms with Crippen molar-refractivity contribution in [3.8, 4) is 0 Å². The zero-order chi connectivity index (χ0) is 13.1. The van der Waals surface area contributed by atoms with Crippen LogP contribution in [0.3, 0.4) is 0 Å². The predicted octanol–water partition coefficient (Wildman–Crippen LogP) is 0.876. The molecule has 0 saturated carbocycles. The summed E-state index contributed by atoms with van der Waals surface area (Å²) in [7, 11) is 2.63. The van der Waals surface area contributed by atoms with Gasteiger partial charge in [0.2, 0.25) is 0 Å². The zero-order valence-electron chi connectivity index (χ0n) is 10.2. The van der Waals surface area contributed by atoms with Crippen LogP contribution >= 0.6 is 0 Å². The summed E-state index contributed by atoms with van der Waals surface area (Å²) in [6.07, 6.45) is 1.49. The molecule has 0 heterocycles. The van der Waals surface area contributed by atoms with E-state index in [1.165, 1.54) is 19.2 Å². The third kappa shape index (κ3) is 8.18. The number of carbonyl (C=O) groups is 2. The molecule has 0 saturated heterocycles. The third-order valence-electron chi connectivity index (χ3n) is 2.17. The molecule has 0 aliphatic carbocycles. The Labute approximate surface area is 100.0 Å². The summed E-state index contributed by atoms with van der Waals surface area (Å²) in [6.45, 7) is 0.750. The highest BCUT2D eigenvalue weighted by Gasteiger charge is 2.07. The van der Waals surface area contributed by atoms with Crippen LogP contribution in [0.4, 0.5) is 0 Å². The number of rotatable bonds is 9. The number of nitroso groups, excluding NO2 is 1. The Morgan fingerprint density at radius 2 is 1.41 bits per heavy atom. The number of esters is 2. The first-order valence-corrected chi connectivity index (χ1v) is 5.36. The van der Waals surface area contributed by atoms with Crippen LogP contribution in [0.2, 0.25) is 0 Å². The summed E-state index contributed by atoms with van der Waals surface area (Å²) < 4.78 is 8.93. The molecule has 98 valence electrons. The number of nitrogens with zero attached hydrogens (tertiary/aromatic N) is 2. The van der Waals surface area contributed by atoms with Crippen molar-refractivity contribution in [1.82, 2.24) is 5.01 Å². The van der Waals surface area contributed by atoms with Crippen LogP contribution in [0.1, 0.15) is 25.7 Å². The van der Waals surface area contributed by atoms with Gasteiger partial charge in [-0.3, -0.25) is 14.6 Å². The van der Waals surface area contributed by atoms with E-state index in [-0.39, 0.29) is 24.8 Å². The van der Waals surface area contributed by atoms with E-state index in [1.54, 1.807) is 0 Å². The van der Waals surface area contributed by atoms with Crippen molar-refractivity contribution in [2.24, 2.45) is 5.29 Å². The molecule has 7 heteroatoms. The fraction of sp³-hybridized carbons (Fsp3) is 0.800. The Morgan fingerprint density at radius 3 is 1.71 bits per heavy atom. The summed E-state index contributed by atoms with van der Waals surface area (Å²) in [4.78, 5) is 32.1. The monoisotopic (exact) mass is 246 g/mol. The van der Waals surface area contributed by atoms with Gasteiger partial charge in [0.05, 0.1) is 19.5 Å². The maximum atomic E-state index is 10.8. The van der Waals surface area contributed by atoms with Crippen LogP contribution in [-0.2, 0) is 19.1 Å². The second-order valence-corrected chi connectivity index (χ2v) is 3.39. The first-order chi connectivity index (χ1) is 8.13. The molecule has 0 N–H and O–H groups in total. The lowest BCUT2D eigenvalue weighted by Gasteiger charge is -2.13. The number of carbonyl (C=O) groups excluding carboxylic acids is 2. The first-order valence-electron chi connectivity index (χ1n) is 5.36. The molecule has 7 nitrogen and oxygen atoms in total. The minimum Gasteiger partial charge on any atom is -0.469 e. The normalized spacial score (nSPS) is 9.53. The van der Waals surface area contributed by atoms with Gasteiger partial charge in [-0.25, -0.2) is 0 Å². The van der Waals surface area contributed by atoms with Gasteiger partial charge in [0.1, 0.15) is 0 Å². The van der Waals surface area contributed by atoms with Gasteiger partial charge in [0.25, 0.3) is 0 Å². The molecular formula is C10H18N2O5. The van der Waals surface area contributed by atoms with E-state index in [4.69, 9.17) is 0 Å². The number of hydrogen-bond donors (Lipinski definition) is 0. The van der Waals surface area contributed by atoms with Crippen molar-refractivity contribution < 1.29 is 19.1 Å². The number of methoxy groups -OCH3 is 2. The van der Waals surface area contributed by atoms with Crippen molar-refractivity contribution in [2.75, 3.05) is 27.3 Å². The Kier molecular flexibility index (Phi) is 8.62. The molecule has 0 unspecified atom stereocenters. The lowest BCUT2D eigenvalue weighted by molar-refractivity contribution is -0.141. The SMILES string of the molecule is COC(=O)CCCN(CCCC(=O)OC)N=O. The topological polar surface area (TPSA) is 85.3 Å². The maximum Gasteiger partial charge on any atom is 0.305 e. The first kappa shape index (κ1) is 15.3. The van der Waals surface area contributed by atoms with E-state index in [9.17, 15) is 14.5 Å². The van der Waals surface area contributed by atoms with Gasteiger partial charge in [-0.05, 0) is 12.8 Å². The molecule has 0 aromatic heterocycles. The molecule has 0 rings (SSSR count). The second-order valence-electron chi connectivity index (χ2n) is 3.39. The molecule has 0 spiro atoms. The van der Waals surface area contributed by atoms with Crippen LogP contribution in [0, 0.1) is 4.91 Å². The Morgan fingerprint density at radius 1 is 1.00 bits per heavy atom. The van der Waals surface area contributed by atoms with Crippen molar-refractivity contribution >= 4 is 11.9 Å². The lowest BCUT2D eigenvalue weighted by atomic mass is 10.3. The van der Waals surface area contributed by atoms with Gasteiger partial charge in [0, 0.05) is 25.9 Å². The van der Waals surface area contributed by atoms with E-state index in [2.05, 4.69) is 14.8 Å². The Bertz CT molecular complexity index is 235. The van der Waals surface area contributed by atoms with Crippen LogP contribution < -0.4 is 0 Å². The minimum atomic E-state index is -0.314. The highest BCUT2D eigenvalue weighted by Crippen LogP contribution is 2.01.